The molecule has 25 heavy (non-hydrogen) atoms. The fourth-order valence-electron chi connectivity index (χ4n) is 3.40. The highest BCUT2D eigenvalue weighted by molar-refractivity contribution is 6.07. The Morgan fingerprint density at radius 2 is 2.04 bits per heavy atom. The summed E-state index contributed by atoms with van der Waals surface area (Å²) >= 11 is 0. The molecule has 1 aromatic heterocycles. The third-order valence-corrected chi connectivity index (χ3v) is 4.48. The number of methoxy groups -OCH3 is 1. The van der Waals surface area contributed by atoms with Gasteiger partial charge in [0.1, 0.15) is 11.7 Å². The van der Waals surface area contributed by atoms with E-state index in [2.05, 4.69) is 15.2 Å². The topological polar surface area (TPSA) is 76.6 Å². The fourth-order valence-corrected chi connectivity index (χ4v) is 3.40. The minimum Gasteiger partial charge on any atom is -0.496 e. The molecule has 0 aliphatic carbocycles. The van der Waals surface area contributed by atoms with Gasteiger partial charge in [0.2, 0.25) is 0 Å². The molecule has 6 heteroatoms. The first-order valence-electron chi connectivity index (χ1n) is 8.49. The third kappa shape index (κ3) is 3.04. The second-order valence-electron chi connectivity index (χ2n) is 6.31. The van der Waals surface area contributed by atoms with E-state index < -0.39 is 5.92 Å². The Bertz CT molecular complexity index is 795. The van der Waals surface area contributed by atoms with E-state index in [9.17, 15) is 4.79 Å². The molecule has 3 rings (SSSR count). The number of nitrogens with one attached hydrogen (secondary N) is 1. The maximum absolute atomic E-state index is 12.9. The van der Waals surface area contributed by atoms with E-state index in [4.69, 9.17) is 9.47 Å². The van der Waals surface area contributed by atoms with Gasteiger partial charge in [0.15, 0.2) is 5.82 Å². The van der Waals surface area contributed by atoms with E-state index in [0.29, 0.717) is 12.4 Å². The first kappa shape index (κ1) is 17.2. The van der Waals surface area contributed by atoms with Crippen LogP contribution in [0.5, 0.6) is 5.75 Å². The zero-order valence-electron chi connectivity index (χ0n) is 14.9. The van der Waals surface area contributed by atoms with Crippen LogP contribution in [0.3, 0.4) is 0 Å². The van der Waals surface area contributed by atoms with Crippen LogP contribution in [0.1, 0.15) is 37.8 Å². The Labute approximate surface area is 147 Å². The first-order chi connectivity index (χ1) is 12.1. The van der Waals surface area contributed by atoms with Crippen LogP contribution in [0, 0.1) is 11.8 Å². The molecule has 2 unspecified atom stereocenters. The van der Waals surface area contributed by atoms with E-state index in [1.807, 2.05) is 45.0 Å². The van der Waals surface area contributed by atoms with E-state index >= 15 is 0 Å². The fraction of sp³-hybridized carbons (Fsp3) is 0.421. The van der Waals surface area contributed by atoms with Gasteiger partial charge in [-0.25, -0.2) is 4.99 Å². The maximum atomic E-state index is 12.9. The molecule has 2 aromatic rings. The van der Waals surface area contributed by atoms with Crippen LogP contribution in [-0.2, 0) is 9.53 Å². The lowest BCUT2D eigenvalue weighted by molar-refractivity contribution is -0.146. The second kappa shape index (κ2) is 7.09. The Kier molecular flexibility index (Phi) is 4.88. The van der Waals surface area contributed by atoms with Crippen LogP contribution in [-0.4, -0.2) is 35.6 Å². The molecule has 0 fully saturated rings. The Hall–Kier alpha value is -2.63. The molecule has 132 valence electrons. The summed E-state index contributed by atoms with van der Waals surface area (Å²) in [6.45, 7) is 6.21. The molecule has 2 atom stereocenters. The monoisotopic (exact) mass is 341 g/mol. The summed E-state index contributed by atoms with van der Waals surface area (Å²) in [6.07, 6.45) is 1.74. The molecule has 0 saturated heterocycles. The number of carbonyl (C=O) groups excluding carboxylic acids is 1. The standard InChI is InChI=1S/C19H23N3O3/c1-5-25-19(23)16-15(12-8-6-7-9-14(12)24-4)13-10-20-22-18(13)21-17(16)11(2)3/h6-11,15-16H,5H2,1-4H3,(H,20,22). The smallest absolute Gasteiger partial charge is 0.315 e. The number of H-pyrrole nitrogens is 1. The van der Waals surface area contributed by atoms with E-state index in [1.54, 1.807) is 13.3 Å². The SMILES string of the molecule is CCOC(=O)C1C(C(C)C)=Nc2[nH]ncc2C1c1ccccc1OC. The van der Waals surface area contributed by atoms with Crippen molar-refractivity contribution in [2.45, 2.75) is 26.7 Å². The minimum atomic E-state index is -0.499. The van der Waals surface area contributed by atoms with Gasteiger partial charge in [0.25, 0.3) is 0 Å². The molecule has 1 N–H and O–H groups in total. The van der Waals surface area contributed by atoms with Crippen LogP contribution in [0.25, 0.3) is 0 Å². The van der Waals surface area contributed by atoms with E-state index in [1.165, 1.54) is 0 Å². The summed E-state index contributed by atoms with van der Waals surface area (Å²) in [6, 6.07) is 7.74. The number of aliphatic imine (C=N–C) groups is 1. The summed E-state index contributed by atoms with van der Waals surface area (Å²) in [7, 11) is 1.63. The van der Waals surface area contributed by atoms with Crippen molar-refractivity contribution in [3.63, 3.8) is 0 Å². The molecular weight excluding hydrogens is 318 g/mol. The lowest BCUT2D eigenvalue weighted by atomic mass is 9.74. The van der Waals surface area contributed by atoms with Crippen molar-refractivity contribution in [2.24, 2.45) is 16.8 Å². The number of aromatic nitrogens is 2. The zero-order chi connectivity index (χ0) is 18.0. The molecule has 6 nitrogen and oxygen atoms in total. The van der Waals surface area contributed by atoms with Crippen LogP contribution in [0.2, 0.25) is 0 Å². The second-order valence-corrected chi connectivity index (χ2v) is 6.31. The van der Waals surface area contributed by atoms with Gasteiger partial charge < -0.3 is 9.47 Å². The summed E-state index contributed by atoms with van der Waals surface area (Å²) in [5.41, 5.74) is 2.61. The predicted molar refractivity (Wildman–Crippen MR) is 95.5 cm³/mol. The average Bonchev–Trinajstić information content (AvgIpc) is 3.08. The van der Waals surface area contributed by atoms with Gasteiger partial charge in [-0.15, -0.1) is 0 Å². The molecule has 0 saturated carbocycles. The highest BCUT2D eigenvalue weighted by Gasteiger charge is 2.43. The number of para-hydroxylation sites is 1. The molecule has 2 heterocycles. The predicted octanol–water partition coefficient (Wildman–Crippen LogP) is 3.47. The number of benzene rings is 1. The van der Waals surface area contributed by atoms with Gasteiger partial charge in [-0.1, -0.05) is 32.0 Å². The summed E-state index contributed by atoms with van der Waals surface area (Å²) < 4.78 is 10.9. The van der Waals surface area contributed by atoms with Crippen molar-refractivity contribution < 1.29 is 14.3 Å². The molecule has 1 aromatic carbocycles. The molecule has 0 radical (unpaired) electrons. The normalized spacial score (nSPS) is 19.3. The largest absolute Gasteiger partial charge is 0.496 e. The van der Waals surface area contributed by atoms with Crippen LogP contribution >= 0.6 is 0 Å². The lowest BCUT2D eigenvalue weighted by Gasteiger charge is -2.32. The number of aromatic amines is 1. The molecule has 1 aliphatic heterocycles. The number of rotatable bonds is 5. The molecule has 0 bridgehead atoms. The quantitative estimate of drug-likeness (QED) is 0.845. The van der Waals surface area contributed by atoms with Gasteiger partial charge in [-0.3, -0.25) is 9.89 Å². The van der Waals surface area contributed by atoms with Crippen LogP contribution in [0.15, 0.2) is 35.5 Å². The molecule has 0 amide bonds. The Morgan fingerprint density at radius 3 is 2.72 bits per heavy atom. The van der Waals surface area contributed by atoms with E-state index in [-0.39, 0.29) is 17.8 Å². The van der Waals surface area contributed by atoms with Crippen LogP contribution < -0.4 is 4.74 Å². The number of hydrogen-bond donors (Lipinski definition) is 1. The maximum Gasteiger partial charge on any atom is 0.315 e. The number of hydrogen-bond acceptors (Lipinski definition) is 5. The van der Waals surface area contributed by atoms with Gasteiger partial charge in [0, 0.05) is 22.8 Å². The van der Waals surface area contributed by atoms with E-state index in [0.717, 1.165) is 22.6 Å². The van der Waals surface area contributed by atoms with Crippen molar-refractivity contribution in [2.75, 3.05) is 13.7 Å². The number of esters is 1. The van der Waals surface area contributed by atoms with Crippen molar-refractivity contribution >= 4 is 17.5 Å². The number of ether oxygens (including phenoxy) is 2. The van der Waals surface area contributed by atoms with Crippen molar-refractivity contribution in [3.05, 3.63) is 41.6 Å². The lowest BCUT2D eigenvalue weighted by Crippen LogP contribution is -2.37. The van der Waals surface area contributed by atoms with Crippen molar-refractivity contribution in [1.82, 2.24) is 10.2 Å². The summed E-state index contributed by atoms with van der Waals surface area (Å²) in [5, 5.41) is 7.08. The zero-order valence-corrected chi connectivity index (χ0v) is 14.9. The van der Waals surface area contributed by atoms with Crippen molar-refractivity contribution in [3.8, 4) is 5.75 Å². The first-order valence-corrected chi connectivity index (χ1v) is 8.49. The van der Waals surface area contributed by atoms with Gasteiger partial charge >= 0.3 is 5.97 Å². The number of nitrogens with zero attached hydrogens (tertiary/aromatic N) is 2. The number of carbonyl (C=O) groups is 1. The number of fused-ring (bicyclic) bond motifs is 1. The van der Waals surface area contributed by atoms with Gasteiger partial charge in [0.05, 0.1) is 19.9 Å². The van der Waals surface area contributed by atoms with Crippen LogP contribution in [0.4, 0.5) is 5.82 Å². The van der Waals surface area contributed by atoms with Gasteiger partial charge in [-0.05, 0) is 18.9 Å². The van der Waals surface area contributed by atoms with Gasteiger partial charge in [-0.2, -0.15) is 5.10 Å². The third-order valence-electron chi connectivity index (χ3n) is 4.48. The Balaban J connectivity index is 2.21. The summed E-state index contributed by atoms with van der Waals surface area (Å²) in [4.78, 5) is 17.5. The molecular formula is C19H23N3O3. The highest BCUT2D eigenvalue weighted by atomic mass is 16.5. The summed E-state index contributed by atoms with van der Waals surface area (Å²) in [5.74, 6) is 0.514. The average molecular weight is 341 g/mol. The highest BCUT2D eigenvalue weighted by Crippen LogP contribution is 2.45. The van der Waals surface area contributed by atoms with Crippen molar-refractivity contribution in [1.29, 1.82) is 0 Å². The Morgan fingerprint density at radius 1 is 1.28 bits per heavy atom. The minimum absolute atomic E-state index is 0.100. The molecule has 0 spiro atoms. The molecule has 1 aliphatic rings.